The molecule has 1 rings (SSSR count). The Morgan fingerprint density at radius 3 is 2.75 bits per heavy atom. The molecule has 0 aromatic heterocycles. The monoisotopic (exact) mass is 225 g/mol. The first-order chi connectivity index (χ1) is 7.74. The number of carbonyl (C=O) groups is 1. The Morgan fingerprint density at radius 2 is 2.12 bits per heavy atom. The Kier molecular flexibility index (Phi) is 6.11. The summed E-state index contributed by atoms with van der Waals surface area (Å²) in [5.74, 6) is 0.0667. The summed E-state index contributed by atoms with van der Waals surface area (Å²) in [5.41, 5.74) is 0.822. The number of carbonyl (C=O) groups excluding carboxylic acids is 1. The molecule has 0 saturated carbocycles. The van der Waals surface area contributed by atoms with E-state index >= 15 is 0 Å². The lowest BCUT2D eigenvalue weighted by Crippen LogP contribution is -2.46. The molecule has 1 aliphatic rings. The molecule has 0 bridgehead atoms. The fraction of sp³-hybridized carbons (Fsp3) is 0.750. The average Bonchev–Trinajstić information content (AvgIpc) is 2.30. The van der Waals surface area contributed by atoms with Crippen LogP contribution < -0.4 is 10.6 Å². The summed E-state index contributed by atoms with van der Waals surface area (Å²) >= 11 is 0. The third-order valence-corrected chi connectivity index (χ3v) is 2.79. The normalized spacial score (nSPS) is 18.5. The molecule has 0 unspecified atom stereocenters. The van der Waals surface area contributed by atoms with Crippen molar-refractivity contribution < 1.29 is 4.79 Å². The highest BCUT2D eigenvalue weighted by molar-refractivity contribution is 5.92. The summed E-state index contributed by atoms with van der Waals surface area (Å²) in [6.45, 7) is 9.88. The number of piperazine rings is 1. The van der Waals surface area contributed by atoms with E-state index in [4.69, 9.17) is 0 Å². The van der Waals surface area contributed by atoms with Gasteiger partial charge in [0.25, 0.3) is 0 Å². The average molecular weight is 225 g/mol. The van der Waals surface area contributed by atoms with Crippen LogP contribution in [-0.4, -0.2) is 50.1 Å². The third-order valence-electron chi connectivity index (χ3n) is 2.79. The zero-order valence-corrected chi connectivity index (χ0v) is 10.4. The number of nitrogens with one attached hydrogen (secondary N) is 2. The van der Waals surface area contributed by atoms with Crippen molar-refractivity contribution in [3.63, 3.8) is 0 Å². The van der Waals surface area contributed by atoms with Crippen LogP contribution in [0.4, 0.5) is 0 Å². The minimum atomic E-state index is 0.0667. The van der Waals surface area contributed by atoms with Gasteiger partial charge in [-0.25, -0.2) is 0 Å². The molecule has 0 atom stereocenters. The second kappa shape index (κ2) is 7.41. The zero-order chi connectivity index (χ0) is 11.8. The van der Waals surface area contributed by atoms with Gasteiger partial charge in [-0.15, -0.1) is 0 Å². The molecule has 1 fully saturated rings. The van der Waals surface area contributed by atoms with Crippen LogP contribution in [0.15, 0.2) is 11.6 Å². The first kappa shape index (κ1) is 13.2. The van der Waals surface area contributed by atoms with Crippen molar-refractivity contribution in [1.29, 1.82) is 0 Å². The number of allylic oxidation sites excluding steroid dienone is 1. The quantitative estimate of drug-likeness (QED) is 0.664. The molecule has 4 nitrogen and oxygen atoms in total. The highest BCUT2D eigenvalue weighted by Gasteiger charge is 2.09. The molecule has 1 heterocycles. The van der Waals surface area contributed by atoms with E-state index in [-0.39, 0.29) is 5.91 Å². The van der Waals surface area contributed by atoms with Crippen molar-refractivity contribution in [2.75, 3.05) is 39.3 Å². The molecule has 1 amide bonds. The Bertz CT molecular complexity index is 245. The van der Waals surface area contributed by atoms with E-state index in [0.29, 0.717) is 0 Å². The van der Waals surface area contributed by atoms with Crippen LogP contribution in [0.2, 0.25) is 0 Å². The van der Waals surface area contributed by atoms with Gasteiger partial charge in [0.15, 0.2) is 0 Å². The summed E-state index contributed by atoms with van der Waals surface area (Å²) in [6.07, 6.45) is 2.87. The van der Waals surface area contributed by atoms with E-state index in [9.17, 15) is 4.79 Å². The van der Waals surface area contributed by atoms with Crippen molar-refractivity contribution in [1.82, 2.24) is 15.5 Å². The Labute approximate surface area is 98.1 Å². The largest absolute Gasteiger partial charge is 0.351 e. The minimum Gasteiger partial charge on any atom is -0.351 e. The maximum Gasteiger partial charge on any atom is 0.246 e. The van der Waals surface area contributed by atoms with Gasteiger partial charge in [0.05, 0.1) is 0 Å². The summed E-state index contributed by atoms with van der Waals surface area (Å²) in [4.78, 5) is 13.9. The van der Waals surface area contributed by atoms with Crippen molar-refractivity contribution in [2.45, 2.75) is 20.3 Å². The summed E-state index contributed by atoms with van der Waals surface area (Å²) < 4.78 is 0. The van der Waals surface area contributed by atoms with Gasteiger partial charge in [0.1, 0.15) is 0 Å². The van der Waals surface area contributed by atoms with Gasteiger partial charge in [0, 0.05) is 44.8 Å². The highest BCUT2D eigenvalue weighted by Crippen LogP contribution is 1.95. The van der Waals surface area contributed by atoms with E-state index in [2.05, 4.69) is 15.5 Å². The lowest BCUT2D eigenvalue weighted by atomic mass is 10.2. The van der Waals surface area contributed by atoms with Gasteiger partial charge in [-0.05, 0) is 13.3 Å². The van der Waals surface area contributed by atoms with Crippen molar-refractivity contribution in [3.05, 3.63) is 11.6 Å². The lowest BCUT2D eigenvalue weighted by Gasteiger charge is -2.27. The summed E-state index contributed by atoms with van der Waals surface area (Å²) in [5, 5.41) is 6.26. The Balaban J connectivity index is 2.14. The summed E-state index contributed by atoms with van der Waals surface area (Å²) in [7, 11) is 0. The van der Waals surface area contributed by atoms with E-state index in [1.165, 1.54) is 0 Å². The molecular formula is C12H23N3O. The predicted octanol–water partition coefficient (Wildman–Crippen LogP) is 0.364. The first-order valence-corrected chi connectivity index (χ1v) is 6.12. The van der Waals surface area contributed by atoms with E-state index in [0.717, 1.165) is 51.3 Å². The van der Waals surface area contributed by atoms with Crippen molar-refractivity contribution in [3.8, 4) is 0 Å². The van der Waals surface area contributed by atoms with Crippen LogP contribution in [0.3, 0.4) is 0 Å². The van der Waals surface area contributed by atoms with E-state index in [1.54, 1.807) is 0 Å². The van der Waals surface area contributed by atoms with Crippen molar-refractivity contribution in [2.24, 2.45) is 0 Å². The van der Waals surface area contributed by atoms with E-state index in [1.807, 2.05) is 19.9 Å². The zero-order valence-electron chi connectivity index (χ0n) is 10.4. The molecular weight excluding hydrogens is 202 g/mol. The number of rotatable bonds is 5. The molecule has 92 valence electrons. The molecule has 0 spiro atoms. The maximum absolute atomic E-state index is 11.6. The molecule has 1 aliphatic heterocycles. The van der Waals surface area contributed by atoms with Crippen LogP contribution in [0, 0.1) is 0 Å². The van der Waals surface area contributed by atoms with Crippen LogP contribution in [0.1, 0.15) is 20.3 Å². The van der Waals surface area contributed by atoms with Gasteiger partial charge in [-0.1, -0.05) is 13.0 Å². The molecule has 2 N–H and O–H groups in total. The Morgan fingerprint density at radius 1 is 1.44 bits per heavy atom. The second-order valence-electron chi connectivity index (χ2n) is 4.14. The van der Waals surface area contributed by atoms with Crippen LogP contribution in [-0.2, 0) is 4.79 Å². The fourth-order valence-corrected chi connectivity index (χ4v) is 1.80. The number of amides is 1. The molecule has 0 aromatic carbocycles. The van der Waals surface area contributed by atoms with Gasteiger partial charge in [0.2, 0.25) is 5.91 Å². The molecule has 0 aliphatic carbocycles. The van der Waals surface area contributed by atoms with Crippen LogP contribution >= 0.6 is 0 Å². The highest BCUT2D eigenvalue weighted by atomic mass is 16.1. The lowest BCUT2D eigenvalue weighted by molar-refractivity contribution is -0.117. The minimum absolute atomic E-state index is 0.0667. The molecule has 16 heavy (non-hydrogen) atoms. The number of hydrogen-bond donors (Lipinski definition) is 2. The number of nitrogens with zero attached hydrogens (tertiary/aromatic N) is 1. The van der Waals surface area contributed by atoms with Gasteiger partial charge in [-0.3, -0.25) is 9.69 Å². The van der Waals surface area contributed by atoms with Gasteiger partial charge >= 0.3 is 0 Å². The van der Waals surface area contributed by atoms with Gasteiger partial charge < -0.3 is 10.6 Å². The third kappa shape index (κ3) is 4.77. The maximum atomic E-state index is 11.6. The van der Waals surface area contributed by atoms with E-state index < -0.39 is 0 Å². The van der Waals surface area contributed by atoms with Crippen molar-refractivity contribution >= 4 is 5.91 Å². The number of hydrogen-bond acceptors (Lipinski definition) is 3. The van der Waals surface area contributed by atoms with Crippen LogP contribution in [0.5, 0.6) is 0 Å². The smallest absolute Gasteiger partial charge is 0.246 e. The molecule has 4 heteroatoms. The fourth-order valence-electron chi connectivity index (χ4n) is 1.80. The molecule has 0 aromatic rings. The van der Waals surface area contributed by atoms with Crippen LogP contribution in [0.25, 0.3) is 0 Å². The summed E-state index contributed by atoms with van der Waals surface area (Å²) in [6, 6.07) is 0. The van der Waals surface area contributed by atoms with Gasteiger partial charge in [-0.2, -0.15) is 0 Å². The first-order valence-electron chi connectivity index (χ1n) is 6.12. The topological polar surface area (TPSA) is 44.4 Å². The molecule has 0 radical (unpaired) electrons. The predicted molar refractivity (Wildman–Crippen MR) is 66.4 cm³/mol. The SMILES string of the molecule is CC/C=C(\C)C(=O)NCCN1CCNCC1. The standard InChI is InChI=1S/C12H23N3O/c1-3-4-11(2)12(16)14-7-10-15-8-5-13-6-9-15/h4,13H,3,5-10H2,1-2H3,(H,14,16)/b11-4+. The Hall–Kier alpha value is -0.870. The molecule has 1 saturated heterocycles. The second-order valence-corrected chi connectivity index (χ2v) is 4.14.